The number of hydrogen-bond acceptors (Lipinski definition) is 1. The Morgan fingerprint density at radius 3 is 2.42 bits per heavy atom. The summed E-state index contributed by atoms with van der Waals surface area (Å²) in [6.45, 7) is 4.26. The van der Waals surface area contributed by atoms with E-state index in [1.165, 1.54) is 18.4 Å². The molecule has 0 N–H and O–H groups in total. The Morgan fingerprint density at radius 1 is 1.04 bits per heavy atom. The fourth-order valence-electron chi connectivity index (χ4n) is 3.66. The molecule has 3 atom stereocenters. The smallest absolute Gasteiger partial charge is 0.234 e. The minimum absolute atomic E-state index is 0.0810. The maximum absolute atomic E-state index is 13.0. The molecular weight excluding hydrogens is 294 g/mol. The summed E-state index contributed by atoms with van der Waals surface area (Å²) in [7, 11) is 0. The van der Waals surface area contributed by atoms with E-state index in [0.717, 1.165) is 12.0 Å². The lowest BCUT2D eigenvalue weighted by molar-refractivity contribution is 0.0823. The fraction of sp³-hybridized carbons (Fsp3) is 0.318. The fourth-order valence-corrected chi connectivity index (χ4v) is 3.66. The van der Waals surface area contributed by atoms with Crippen LogP contribution in [0.2, 0.25) is 0 Å². The molecule has 1 heterocycles. The highest BCUT2D eigenvalue weighted by Gasteiger charge is 2.43. The number of aromatic nitrogens is 1. The molecule has 0 spiro atoms. The van der Waals surface area contributed by atoms with Gasteiger partial charge >= 0.3 is 0 Å². The highest BCUT2D eigenvalue weighted by Crippen LogP contribution is 2.47. The molecule has 0 aliphatic heterocycles. The van der Waals surface area contributed by atoms with Crippen molar-refractivity contribution in [1.29, 1.82) is 0 Å². The molecule has 2 aliphatic carbocycles. The third-order valence-corrected chi connectivity index (χ3v) is 5.10. The van der Waals surface area contributed by atoms with Crippen LogP contribution in [0.3, 0.4) is 0 Å². The van der Waals surface area contributed by atoms with Crippen LogP contribution in [0.4, 0.5) is 0 Å². The van der Waals surface area contributed by atoms with Gasteiger partial charge in [0.15, 0.2) is 0 Å². The Morgan fingerprint density at radius 2 is 1.75 bits per heavy atom. The van der Waals surface area contributed by atoms with Gasteiger partial charge in [0, 0.05) is 30.1 Å². The van der Waals surface area contributed by atoms with Crippen LogP contribution in [0.5, 0.6) is 0 Å². The van der Waals surface area contributed by atoms with Crippen LogP contribution in [0.1, 0.15) is 35.5 Å². The van der Waals surface area contributed by atoms with Crippen molar-refractivity contribution in [3.05, 3.63) is 72.6 Å². The van der Waals surface area contributed by atoms with E-state index in [9.17, 15) is 4.79 Å². The van der Waals surface area contributed by atoms with E-state index in [1.807, 2.05) is 42.7 Å². The van der Waals surface area contributed by atoms with Gasteiger partial charge in [-0.15, -0.1) is 0 Å². The molecule has 0 unspecified atom stereocenters. The average molecular weight is 315 g/mol. The second kappa shape index (κ2) is 6.17. The van der Waals surface area contributed by atoms with Gasteiger partial charge in [-0.25, -0.2) is 0 Å². The molecule has 1 aromatic carbocycles. The van der Waals surface area contributed by atoms with Gasteiger partial charge in [-0.3, -0.25) is 9.36 Å². The molecule has 0 amide bonds. The number of carbonyl (C=O) groups excluding carboxylic acids is 1. The van der Waals surface area contributed by atoms with Crippen molar-refractivity contribution >= 4 is 5.91 Å². The monoisotopic (exact) mass is 315 g/mol. The van der Waals surface area contributed by atoms with Crippen LogP contribution < -0.4 is 0 Å². The van der Waals surface area contributed by atoms with E-state index >= 15 is 0 Å². The molecular formula is C22H21NO. The summed E-state index contributed by atoms with van der Waals surface area (Å²) >= 11 is 0. The average Bonchev–Trinajstić information content (AvgIpc) is 3.15. The first-order valence-electron chi connectivity index (χ1n) is 8.65. The van der Waals surface area contributed by atoms with Gasteiger partial charge in [0.2, 0.25) is 5.91 Å². The first-order valence-corrected chi connectivity index (χ1v) is 8.65. The Bertz CT molecular complexity index is 803. The predicted molar refractivity (Wildman–Crippen MR) is 95.5 cm³/mol. The van der Waals surface area contributed by atoms with E-state index < -0.39 is 0 Å². The minimum Gasteiger partial charge on any atom is -0.294 e. The number of allylic oxidation sites excluding steroid dienone is 1. The zero-order valence-corrected chi connectivity index (χ0v) is 13.7. The Labute approximate surface area is 143 Å². The largest absolute Gasteiger partial charge is 0.294 e. The molecule has 4 rings (SSSR count). The van der Waals surface area contributed by atoms with Crippen LogP contribution >= 0.6 is 0 Å². The van der Waals surface area contributed by atoms with E-state index in [2.05, 4.69) is 30.6 Å². The van der Waals surface area contributed by atoms with Gasteiger partial charge in [-0.2, -0.15) is 0 Å². The van der Waals surface area contributed by atoms with Crippen LogP contribution in [-0.2, 0) is 0 Å². The summed E-state index contributed by atoms with van der Waals surface area (Å²) in [5.74, 6) is 7.65. The lowest BCUT2D eigenvalue weighted by Crippen LogP contribution is -2.24. The van der Waals surface area contributed by atoms with E-state index in [1.54, 1.807) is 4.57 Å². The van der Waals surface area contributed by atoms with Gasteiger partial charge in [-0.05, 0) is 37.0 Å². The summed E-state index contributed by atoms with van der Waals surface area (Å²) in [5.41, 5.74) is 2.29. The topological polar surface area (TPSA) is 22.0 Å². The van der Waals surface area contributed by atoms with Crippen LogP contribution in [0.15, 0.2) is 67.0 Å². The van der Waals surface area contributed by atoms with Crippen LogP contribution in [0.25, 0.3) is 0 Å². The van der Waals surface area contributed by atoms with Crippen molar-refractivity contribution in [2.45, 2.75) is 25.2 Å². The van der Waals surface area contributed by atoms with Gasteiger partial charge in [0.1, 0.15) is 0 Å². The summed E-state index contributed by atoms with van der Waals surface area (Å²) in [5, 5.41) is 0. The van der Waals surface area contributed by atoms with E-state index in [-0.39, 0.29) is 23.7 Å². The van der Waals surface area contributed by atoms with Gasteiger partial charge in [0.05, 0.1) is 5.92 Å². The SMILES string of the molecule is C=C1C[C@H](C(=O)n2cccc2)[C@@H](c2ccccc2)[C@H]1C#CC1CC1. The maximum atomic E-state index is 13.0. The summed E-state index contributed by atoms with van der Waals surface area (Å²) in [6.07, 6.45) is 6.81. The number of hydrogen-bond donors (Lipinski definition) is 0. The van der Waals surface area contributed by atoms with Gasteiger partial charge in [-0.1, -0.05) is 54.3 Å². The van der Waals surface area contributed by atoms with Crippen LogP contribution in [0, 0.1) is 29.6 Å². The zero-order chi connectivity index (χ0) is 16.5. The molecule has 0 saturated heterocycles. The highest BCUT2D eigenvalue weighted by atomic mass is 16.2. The lowest BCUT2D eigenvalue weighted by Gasteiger charge is -2.22. The highest BCUT2D eigenvalue weighted by molar-refractivity contribution is 5.83. The summed E-state index contributed by atoms with van der Waals surface area (Å²) in [6, 6.07) is 14.1. The third-order valence-electron chi connectivity index (χ3n) is 5.10. The first-order chi connectivity index (χ1) is 11.7. The first kappa shape index (κ1) is 15.0. The van der Waals surface area contributed by atoms with E-state index in [0.29, 0.717) is 5.92 Å². The van der Waals surface area contributed by atoms with Crippen molar-refractivity contribution in [2.24, 2.45) is 17.8 Å². The maximum Gasteiger partial charge on any atom is 0.234 e. The molecule has 0 radical (unpaired) electrons. The number of benzene rings is 1. The summed E-state index contributed by atoms with van der Waals surface area (Å²) in [4.78, 5) is 13.0. The number of rotatable bonds is 2. The summed E-state index contributed by atoms with van der Waals surface area (Å²) < 4.78 is 1.70. The quantitative estimate of drug-likeness (QED) is 0.590. The molecule has 24 heavy (non-hydrogen) atoms. The molecule has 2 aliphatic rings. The molecule has 2 nitrogen and oxygen atoms in total. The normalized spacial score (nSPS) is 26.0. The predicted octanol–water partition coefficient (Wildman–Crippen LogP) is 4.52. The minimum atomic E-state index is -0.0918. The van der Waals surface area contributed by atoms with Crippen molar-refractivity contribution in [3.8, 4) is 11.8 Å². The van der Waals surface area contributed by atoms with E-state index in [4.69, 9.17) is 0 Å². The van der Waals surface area contributed by atoms with Crippen molar-refractivity contribution in [1.82, 2.24) is 4.57 Å². The molecule has 2 heteroatoms. The third kappa shape index (κ3) is 2.83. The van der Waals surface area contributed by atoms with Gasteiger partial charge < -0.3 is 0 Å². The van der Waals surface area contributed by atoms with Crippen molar-refractivity contribution in [2.75, 3.05) is 0 Å². The Kier molecular flexibility index (Phi) is 3.86. The second-order valence-electron chi connectivity index (χ2n) is 6.87. The molecule has 2 aromatic rings. The van der Waals surface area contributed by atoms with Crippen molar-refractivity contribution < 1.29 is 4.79 Å². The Hall–Kier alpha value is -2.53. The molecule has 2 saturated carbocycles. The molecule has 0 bridgehead atoms. The standard InChI is InChI=1S/C22H21NO/c1-16-15-20(22(24)23-13-5-6-14-23)21(18-7-3-2-4-8-18)19(16)12-11-17-9-10-17/h2-8,13-14,17,19-21H,1,9-10,15H2/t19-,20-,21-/m0/s1. The van der Waals surface area contributed by atoms with Crippen LogP contribution in [-0.4, -0.2) is 10.5 Å². The Balaban J connectivity index is 1.71. The second-order valence-corrected chi connectivity index (χ2v) is 6.87. The number of nitrogens with zero attached hydrogens (tertiary/aromatic N) is 1. The molecule has 2 fully saturated rings. The lowest BCUT2D eigenvalue weighted by atomic mass is 9.82. The zero-order valence-electron chi connectivity index (χ0n) is 13.7. The van der Waals surface area contributed by atoms with Gasteiger partial charge in [0.25, 0.3) is 0 Å². The molecule has 1 aromatic heterocycles. The number of carbonyl (C=O) groups is 1. The van der Waals surface area contributed by atoms with Crippen molar-refractivity contribution in [3.63, 3.8) is 0 Å². The molecule has 120 valence electrons.